The Balaban J connectivity index is 1.48. The molecular weight excluding hydrogens is 332 g/mol. The van der Waals surface area contributed by atoms with Crippen LogP contribution >= 0.6 is 0 Å². The van der Waals surface area contributed by atoms with Gasteiger partial charge in [0.05, 0.1) is 12.7 Å². The molecule has 6 heteroatoms. The summed E-state index contributed by atoms with van der Waals surface area (Å²) in [7, 11) is 0. The minimum atomic E-state index is -0.220. The molecule has 6 nitrogen and oxygen atoms in total. The summed E-state index contributed by atoms with van der Waals surface area (Å²) in [6.07, 6.45) is 0.168. The highest BCUT2D eigenvalue weighted by molar-refractivity contribution is 5.73. The second-order valence-electron chi connectivity index (χ2n) is 6.35. The van der Waals surface area contributed by atoms with Crippen molar-refractivity contribution in [3.05, 3.63) is 59.2 Å². The molecule has 0 saturated heterocycles. The molecule has 1 aliphatic heterocycles. The number of ether oxygens (including phenoxy) is 3. The van der Waals surface area contributed by atoms with Crippen molar-refractivity contribution in [1.29, 1.82) is 0 Å². The van der Waals surface area contributed by atoms with Crippen molar-refractivity contribution < 1.29 is 19.0 Å². The van der Waals surface area contributed by atoms with Crippen LogP contribution in [0.25, 0.3) is 0 Å². The van der Waals surface area contributed by atoms with E-state index in [0.717, 1.165) is 22.4 Å². The zero-order valence-electron chi connectivity index (χ0n) is 15.1. The Morgan fingerprint density at radius 2 is 1.77 bits per heavy atom. The monoisotopic (exact) mass is 356 g/mol. The molecule has 0 aromatic heterocycles. The first-order chi connectivity index (χ1) is 12.6. The third kappa shape index (κ3) is 4.89. The summed E-state index contributed by atoms with van der Waals surface area (Å²) in [5.74, 6) is 1.45. The third-order valence-corrected chi connectivity index (χ3v) is 4.02. The van der Waals surface area contributed by atoms with Crippen LogP contribution in [0.4, 0.5) is 4.79 Å². The molecule has 138 valence electrons. The van der Waals surface area contributed by atoms with E-state index in [9.17, 15) is 4.79 Å². The molecule has 0 bridgehead atoms. The lowest BCUT2D eigenvalue weighted by Gasteiger charge is -2.13. The topological polar surface area (TPSA) is 68.8 Å². The highest BCUT2D eigenvalue weighted by Gasteiger charge is 2.13. The third-order valence-electron chi connectivity index (χ3n) is 4.02. The van der Waals surface area contributed by atoms with Crippen LogP contribution in [0.15, 0.2) is 42.5 Å². The van der Waals surface area contributed by atoms with E-state index in [1.165, 1.54) is 0 Å². The van der Waals surface area contributed by atoms with Gasteiger partial charge in [-0.15, -0.1) is 0 Å². The molecule has 0 spiro atoms. The summed E-state index contributed by atoms with van der Waals surface area (Å²) in [5.41, 5.74) is 3.08. The van der Waals surface area contributed by atoms with Crippen molar-refractivity contribution in [2.24, 2.45) is 0 Å². The first kappa shape index (κ1) is 18.1. The van der Waals surface area contributed by atoms with Crippen LogP contribution in [0.3, 0.4) is 0 Å². The SMILES string of the molecule is CC(C)OCc1ccccc1CNC(=O)NCc1ccc2c(c1)OCO2. The minimum Gasteiger partial charge on any atom is -0.454 e. The number of urea groups is 1. The van der Waals surface area contributed by atoms with Gasteiger partial charge in [0.1, 0.15) is 0 Å². The quantitative estimate of drug-likeness (QED) is 0.798. The van der Waals surface area contributed by atoms with Crippen molar-refractivity contribution >= 4 is 6.03 Å². The Bertz CT molecular complexity index is 761. The molecule has 2 aromatic carbocycles. The van der Waals surface area contributed by atoms with E-state index in [1.807, 2.05) is 56.3 Å². The molecule has 0 fully saturated rings. The molecular formula is C20H24N2O4. The first-order valence-corrected chi connectivity index (χ1v) is 8.70. The second kappa shape index (κ2) is 8.58. The fourth-order valence-electron chi connectivity index (χ4n) is 2.60. The van der Waals surface area contributed by atoms with Crippen LogP contribution in [0, 0.1) is 0 Å². The smallest absolute Gasteiger partial charge is 0.315 e. The van der Waals surface area contributed by atoms with Crippen LogP contribution < -0.4 is 20.1 Å². The highest BCUT2D eigenvalue weighted by atomic mass is 16.7. The number of hydrogen-bond donors (Lipinski definition) is 2. The first-order valence-electron chi connectivity index (χ1n) is 8.70. The summed E-state index contributed by atoms with van der Waals surface area (Å²) < 4.78 is 16.3. The number of hydrogen-bond acceptors (Lipinski definition) is 4. The van der Waals surface area contributed by atoms with Crippen molar-refractivity contribution in [2.75, 3.05) is 6.79 Å². The van der Waals surface area contributed by atoms with Crippen LogP contribution in [0.1, 0.15) is 30.5 Å². The van der Waals surface area contributed by atoms with Gasteiger partial charge >= 0.3 is 6.03 Å². The summed E-state index contributed by atoms with van der Waals surface area (Å²) in [6.45, 7) is 5.65. The molecule has 0 aliphatic carbocycles. The molecule has 0 radical (unpaired) electrons. The van der Waals surface area contributed by atoms with Gasteiger partial charge < -0.3 is 24.8 Å². The Kier molecular flexibility index (Phi) is 5.96. The molecule has 26 heavy (non-hydrogen) atoms. The van der Waals surface area contributed by atoms with Gasteiger partial charge in [-0.1, -0.05) is 30.3 Å². The normalized spacial score (nSPS) is 12.3. The fourth-order valence-corrected chi connectivity index (χ4v) is 2.60. The fraction of sp³-hybridized carbons (Fsp3) is 0.350. The Labute approximate surface area is 153 Å². The largest absolute Gasteiger partial charge is 0.454 e. The second-order valence-corrected chi connectivity index (χ2v) is 6.35. The maximum atomic E-state index is 12.1. The number of nitrogens with one attached hydrogen (secondary N) is 2. The zero-order chi connectivity index (χ0) is 18.4. The van der Waals surface area contributed by atoms with Crippen LogP contribution in [-0.2, 0) is 24.4 Å². The average Bonchev–Trinajstić information content (AvgIpc) is 3.11. The van der Waals surface area contributed by atoms with Gasteiger partial charge in [-0.3, -0.25) is 0 Å². The number of carbonyl (C=O) groups is 1. The number of fused-ring (bicyclic) bond motifs is 1. The van der Waals surface area contributed by atoms with Crippen molar-refractivity contribution in [1.82, 2.24) is 10.6 Å². The van der Waals surface area contributed by atoms with E-state index < -0.39 is 0 Å². The molecule has 1 heterocycles. The highest BCUT2D eigenvalue weighted by Crippen LogP contribution is 2.32. The lowest BCUT2D eigenvalue weighted by Crippen LogP contribution is -2.34. The van der Waals surface area contributed by atoms with Crippen LogP contribution in [0.2, 0.25) is 0 Å². The standard InChI is InChI=1S/C20H24N2O4/c1-14(2)24-12-17-6-4-3-5-16(17)11-22-20(23)21-10-15-7-8-18-19(9-15)26-13-25-18/h3-9,14H,10-13H2,1-2H3,(H2,21,22,23). The predicted molar refractivity (Wildman–Crippen MR) is 98.0 cm³/mol. The minimum absolute atomic E-state index is 0.168. The number of amides is 2. The summed E-state index contributed by atoms with van der Waals surface area (Å²) in [6, 6.07) is 13.4. The summed E-state index contributed by atoms with van der Waals surface area (Å²) in [5, 5.41) is 5.74. The van der Waals surface area contributed by atoms with Gasteiger partial charge in [0, 0.05) is 13.1 Å². The van der Waals surface area contributed by atoms with Gasteiger partial charge in [0.15, 0.2) is 11.5 Å². The van der Waals surface area contributed by atoms with Gasteiger partial charge in [-0.05, 0) is 42.7 Å². The Morgan fingerprint density at radius 1 is 1.04 bits per heavy atom. The Morgan fingerprint density at radius 3 is 2.58 bits per heavy atom. The van der Waals surface area contributed by atoms with E-state index in [1.54, 1.807) is 0 Å². The molecule has 3 rings (SSSR count). The molecule has 0 atom stereocenters. The molecule has 2 N–H and O–H groups in total. The molecule has 0 unspecified atom stereocenters. The van der Waals surface area contributed by atoms with Gasteiger partial charge in [-0.2, -0.15) is 0 Å². The molecule has 2 aromatic rings. The lowest BCUT2D eigenvalue weighted by molar-refractivity contribution is 0.0652. The number of benzene rings is 2. The van der Waals surface area contributed by atoms with Crippen LogP contribution in [0.5, 0.6) is 11.5 Å². The number of carbonyl (C=O) groups excluding carboxylic acids is 1. The lowest BCUT2D eigenvalue weighted by atomic mass is 10.1. The van der Waals surface area contributed by atoms with E-state index >= 15 is 0 Å². The molecule has 0 saturated carbocycles. The van der Waals surface area contributed by atoms with E-state index in [4.69, 9.17) is 14.2 Å². The van der Waals surface area contributed by atoms with Crippen LogP contribution in [-0.4, -0.2) is 18.9 Å². The summed E-state index contributed by atoms with van der Waals surface area (Å²) in [4.78, 5) is 12.1. The van der Waals surface area contributed by atoms with Crippen molar-refractivity contribution in [3.8, 4) is 11.5 Å². The van der Waals surface area contributed by atoms with E-state index in [-0.39, 0.29) is 18.9 Å². The predicted octanol–water partition coefficient (Wildman–Crippen LogP) is 3.34. The Hall–Kier alpha value is -2.73. The summed E-state index contributed by atoms with van der Waals surface area (Å²) >= 11 is 0. The van der Waals surface area contributed by atoms with E-state index in [2.05, 4.69) is 10.6 Å². The maximum absolute atomic E-state index is 12.1. The van der Waals surface area contributed by atoms with Gasteiger partial charge in [0.2, 0.25) is 6.79 Å². The average molecular weight is 356 g/mol. The van der Waals surface area contributed by atoms with Crippen molar-refractivity contribution in [2.45, 2.75) is 39.6 Å². The molecule has 1 aliphatic rings. The van der Waals surface area contributed by atoms with E-state index in [0.29, 0.717) is 25.4 Å². The number of rotatable bonds is 7. The van der Waals surface area contributed by atoms with Crippen molar-refractivity contribution in [3.63, 3.8) is 0 Å². The zero-order valence-corrected chi connectivity index (χ0v) is 15.1. The maximum Gasteiger partial charge on any atom is 0.315 e. The van der Waals surface area contributed by atoms with Gasteiger partial charge in [0.25, 0.3) is 0 Å². The molecule has 2 amide bonds. The van der Waals surface area contributed by atoms with Gasteiger partial charge in [-0.25, -0.2) is 4.79 Å².